The lowest BCUT2D eigenvalue weighted by Crippen LogP contribution is -2.16. The third kappa shape index (κ3) is 5.07. The first kappa shape index (κ1) is 34.5. The van der Waals surface area contributed by atoms with Gasteiger partial charge in [0.2, 0.25) is 0 Å². The van der Waals surface area contributed by atoms with E-state index in [0.29, 0.717) is 0 Å². The molecule has 0 atom stereocenters. The van der Waals surface area contributed by atoms with Crippen LogP contribution in [0.3, 0.4) is 0 Å². The topological polar surface area (TPSA) is 26.2 Å². The number of aromatic nitrogens is 2. The van der Waals surface area contributed by atoms with Crippen LogP contribution in [0, 0.1) is 0 Å². The zero-order valence-electron chi connectivity index (χ0n) is 33.6. The van der Waals surface area contributed by atoms with Crippen molar-refractivity contribution in [3.63, 3.8) is 0 Å². The van der Waals surface area contributed by atoms with Crippen molar-refractivity contribution in [2.75, 3.05) is 4.90 Å². The summed E-state index contributed by atoms with van der Waals surface area (Å²) >= 11 is 0. The van der Waals surface area contributed by atoms with Crippen molar-refractivity contribution in [2.24, 2.45) is 0 Å². The van der Waals surface area contributed by atoms with E-state index in [2.05, 4.69) is 238 Å². The average Bonchev–Trinajstić information content (AvgIpc) is 3.99. The summed E-state index contributed by atoms with van der Waals surface area (Å²) in [7, 11) is 0. The third-order valence-electron chi connectivity index (χ3n) is 12.7. The maximum Gasteiger partial charge on any atom is 0.136 e. The molecule has 0 fully saturated rings. The van der Waals surface area contributed by atoms with Crippen molar-refractivity contribution < 1.29 is 4.42 Å². The minimum Gasteiger partial charge on any atom is -0.456 e. The Morgan fingerprint density at radius 1 is 0.306 bits per heavy atom. The van der Waals surface area contributed by atoms with E-state index in [4.69, 9.17) is 4.42 Å². The van der Waals surface area contributed by atoms with Crippen LogP contribution in [0.4, 0.5) is 17.1 Å². The Balaban J connectivity index is 1.15. The van der Waals surface area contributed by atoms with Crippen molar-refractivity contribution in [2.45, 2.75) is 0 Å². The van der Waals surface area contributed by atoms with Crippen molar-refractivity contribution in [3.05, 3.63) is 224 Å². The Hall–Kier alpha value is -8.34. The van der Waals surface area contributed by atoms with Crippen molar-refractivity contribution in [3.8, 4) is 22.5 Å². The fraction of sp³-hybridized carbons (Fsp3) is 0. The highest BCUT2D eigenvalue weighted by molar-refractivity contribution is 6.17. The fourth-order valence-electron chi connectivity index (χ4n) is 10.1. The number of anilines is 3. The van der Waals surface area contributed by atoms with Gasteiger partial charge in [-0.3, -0.25) is 0 Å². The normalized spacial score (nSPS) is 11.9. The molecular formula is C58H37N3O. The largest absolute Gasteiger partial charge is 0.456 e. The van der Waals surface area contributed by atoms with Crippen LogP contribution in [0.15, 0.2) is 229 Å². The van der Waals surface area contributed by atoms with E-state index in [0.717, 1.165) is 89.0 Å². The van der Waals surface area contributed by atoms with Gasteiger partial charge in [-0.25, -0.2) is 0 Å². The molecule has 13 aromatic rings. The predicted molar refractivity (Wildman–Crippen MR) is 260 cm³/mol. The summed E-state index contributed by atoms with van der Waals surface area (Å²) in [5.41, 5.74) is 13.9. The molecule has 10 aromatic carbocycles. The Bertz CT molecular complexity index is 3640. The minimum absolute atomic E-state index is 0.866. The zero-order valence-corrected chi connectivity index (χ0v) is 33.6. The van der Waals surface area contributed by atoms with Gasteiger partial charge < -0.3 is 18.5 Å². The third-order valence-corrected chi connectivity index (χ3v) is 12.7. The molecule has 0 saturated carbocycles. The molecule has 0 aliphatic rings. The van der Waals surface area contributed by atoms with Gasteiger partial charge >= 0.3 is 0 Å². The van der Waals surface area contributed by atoms with Crippen LogP contribution < -0.4 is 4.90 Å². The predicted octanol–water partition coefficient (Wildman–Crippen LogP) is 16.1. The lowest BCUT2D eigenvalue weighted by molar-refractivity contribution is 0.669. The molecule has 0 aliphatic heterocycles. The molecule has 0 radical (unpaired) electrons. The number of para-hydroxylation sites is 9. The molecule has 0 unspecified atom stereocenters. The molecule has 3 heterocycles. The van der Waals surface area contributed by atoms with Gasteiger partial charge in [-0.15, -0.1) is 0 Å². The number of furan rings is 1. The van der Waals surface area contributed by atoms with Crippen LogP contribution >= 0.6 is 0 Å². The van der Waals surface area contributed by atoms with Gasteiger partial charge in [0.25, 0.3) is 0 Å². The Morgan fingerprint density at radius 2 is 0.726 bits per heavy atom. The van der Waals surface area contributed by atoms with Crippen LogP contribution in [0.25, 0.3) is 98.8 Å². The van der Waals surface area contributed by atoms with Crippen molar-refractivity contribution >= 4 is 93.4 Å². The van der Waals surface area contributed by atoms with Crippen molar-refractivity contribution in [1.82, 2.24) is 9.13 Å². The van der Waals surface area contributed by atoms with E-state index in [-0.39, 0.29) is 0 Å². The summed E-state index contributed by atoms with van der Waals surface area (Å²) in [4.78, 5) is 2.49. The summed E-state index contributed by atoms with van der Waals surface area (Å²) in [6.07, 6.45) is 0. The maximum atomic E-state index is 6.67. The highest BCUT2D eigenvalue weighted by atomic mass is 16.3. The Morgan fingerprint density at radius 3 is 1.27 bits per heavy atom. The molecule has 4 heteroatoms. The second kappa shape index (κ2) is 13.6. The SMILES string of the molecule is c1ccc(N(c2ccccc2-n2c3ccccc3c3ccccc32)c2ccccc2-n2c3ccccc3c3ccccc32)c(-c2cccc3oc4cc5ccccc5cc4c23)c1. The van der Waals surface area contributed by atoms with Crippen LogP contribution in [-0.2, 0) is 0 Å². The van der Waals surface area contributed by atoms with Crippen molar-refractivity contribution in [1.29, 1.82) is 0 Å². The lowest BCUT2D eigenvalue weighted by Gasteiger charge is -2.32. The Kier molecular flexibility index (Phi) is 7.57. The van der Waals surface area contributed by atoms with Crippen LogP contribution in [0.5, 0.6) is 0 Å². The van der Waals surface area contributed by atoms with Crippen LogP contribution in [0.1, 0.15) is 0 Å². The van der Waals surface area contributed by atoms with Gasteiger partial charge in [0.15, 0.2) is 0 Å². The molecule has 0 spiro atoms. The van der Waals surface area contributed by atoms with Gasteiger partial charge in [0, 0.05) is 37.9 Å². The average molecular weight is 792 g/mol. The number of hydrogen-bond acceptors (Lipinski definition) is 2. The van der Waals surface area contributed by atoms with Gasteiger partial charge in [0.05, 0.1) is 50.5 Å². The highest BCUT2D eigenvalue weighted by Crippen LogP contribution is 2.49. The smallest absolute Gasteiger partial charge is 0.136 e. The van der Waals surface area contributed by atoms with E-state index < -0.39 is 0 Å². The number of fused-ring (bicyclic) bond motifs is 10. The van der Waals surface area contributed by atoms with E-state index in [9.17, 15) is 0 Å². The molecule has 13 rings (SSSR count). The molecule has 0 aliphatic carbocycles. The second-order valence-electron chi connectivity index (χ2n) is 16.0. The van der Waals surface area contributed by atoms with Gasteiger partial charge in [-0.05, 0) is 89.1 Å². The number of benzene rings is 10. The molecule has 4 nitrogen and oxygen atoms in total. The standard InChI is InChI=1S/C58H37N3O/c1-2-19-39-37-57-46(36-38(39)18-1)58-45(25-17-35-56(58)62-57)44-24-7-12-30-51(44)61(54-33-15-13-31-52(54)59-47-26-8-3-20-40(47)41-21-4-9-27-48(41)59)55-34-16-14-32-53(55)60-49-28-10-5-22-42(49)43-23-6-11-29-50(43)60/h1-37H. The summed E-state index contributed by atoms with van der Waals surface area (Å²) in [6, 6.07) is 81.1. The molecule has 62 heavy (non-hydrogen) atoms. The highest BCUT2D eigenvalue weighted by Gasteiger charge is 2.27. The number of hydrogen-bond donors (Lipinski definition) is 0. The van der Waals surface area contributed by atoms with Crippen LogP contribution in [0.2, 0.25) is 0 Å². The zero-order chi connectivity index (χ0) is 40.7. The van der Waals surface area contributed by atoms with Gasteiger partial charge in [-0.1, -0.05) is 152 Å². The fourth-order valence-corrected chi connectivity index (χ4v) is 10.1. The second-order valence-corrected chi connectivity index (χ2v) is 16.0. The summed E-state index contributed by atoms with van der Waals surface area (Å²) < 4.78 is 11.5. The summed E-state index contributed by atoms with van der Waals surface area (Å²) in [5.74, 6) is 0. The van der Waals surface area contributed by atoms with Crippen LogP contribution in [-0.4, -0.2) is 9.13 Å². The summed E-state index contributed by atoms with van der Waals surface area (Å²) in [6.45, 7) is 0. The molecule has 0 N–H and O–H groups in total. The first-order chi connectivity index (χ1) is 30.8. The lowest BCUT2D eigenvalue weighted by atomic mass is 9.96. The Labute approximate surface area is 357 Å². The quantitative estimate of drug-likeness (QED) is 0.168. The van der Waals surface area contributed by atoms with E-state index in [1.54, 1.807) is 0 Å². The number of rotatable bonds is 6. The molecular weight excluding hydrogens is 755 g/mol. The summed E-state index contributed by atoms with van der Waals surface area (Å²) in [5, 5.41) is 9.45. The van der Waals surface area contributed by atoms with E-state index in [1.807, 2.05) is 0 Å². The first-order valence-electron chi connectivity index (χ1n) is 21.2. The monoisotopic (exact) mass is 791 g/mol. The maximum absolute atomic E-state index is 6.67. The van der Waals surface area contributed by atoms with E-state index >= 15 is 0 Å². The molecule has 0 bridgehead atoms. The number of nitrogens with zero attached hydrogens (tertiary/aromatic N) is 3. The molecule has 290 valence electrons. The molecule has 3 aromatic heterocycles. The molecule has 0 saturated heterocycles. The minimum atomic E-state index is 0.866. The molecule has 0 amide bonds. The van der Waals surface area contributed by atoms with E-state index in [1.165, 1.54) is 26.9 Å². The van der Waals surface area contributed by atoms with Gasteiger partial charge in [0.1, 0.15) is 11.2 Å². The van der Waals surface area contributed by atoms with Gasteiger partial charge in [-0.2, -0.15) is 0 Å². The first-order valence-corrected chi connectivity index (χ1v) is 21.2.